The third kappa shape index (κ3) is 4.00. The van der Waals surface area contributed by atoms with Crippen molar-refractivity contribution in [3.8, 4) is 5.69 Å². The van der Waals surface area contributed by atoms with E-state index in [0.717, 1.165) is 22.2 Å². The van der Waals surface area contributed by atoms with Crippen LogP contribution in [0.2, 0.25) is 0 Å². The molecule has 3 aromatic heterocycles. The Bertz CT molecular complexity index is 1230. The van der Waals surface area contributed by atoms with E-state index in [-0.39, 0.29) is 18.6 Å². The summed E-state index contributed by atoms with van der Waals surface area (Å²) in [5, 5.41) is 22.5. The number of aliphatic hydroxyl groups excluding tert-OH is 1. The van der Waals surface area contributed by atoms with Crippen molar-refractivity contribution in [1.82, 2.24) is 29.9 Å². The van der Waals surface area contributed by atoms with Gasteiger partial charge in [0.15, 0.2) is 5.65 Å². The fraction of sp³-hybridized carbons (Fsp3) is 0.304. The van der Waals surface area contributed by atoms with E-state index in [2.05, 4.69) is 32.6 Å². The topological polar surface area (TPSA) is 107 Å². The second-order valence-corrected chi connectivity index (χ2v) is 7.98. The first kappa shape index (κ1) is 20.3. The number of pyridine rings is 1. The first-order valence-electron chi connectivity index (χ1n) is 10.6. The van der Waals surface area contributed by atoms with E-state index >= 15 is 0 Å². The molecule has 0 aliphatic carbocycles. The summed E-state index contributed by atoms with van der Waals surface area (Å²) in [5.74, 6) is -0.311. The quantitative estimate of drug-likeness (QED) is 0.496. The van der Waals surface area contributed by atoms with Crippen LogP contribution in [-0.4, -0.2) is 60.9 Å². The number of aryl methyl sites for hydroxylation is 1. The fourth-order valence-corrected chi connectivity index (χ4v) is 3.98. The van der Waals surface area contributed by atoms with Gasteiger partial charge in [-0.05, 0) is 48.2 Å². The Labute approximate surface area is 184 Å². The lowest BCUT2D eigenvalue weighted by Crippen LogP contribution is -2.48. The number of rotatable bonds is 5. The van der Waals surface area contributed by atoms with Crippen LogP contribution in [-0.2, 0) is 18.2 Å². The SMILES string of the molecule is Cn1ncc2c(Cc3ccc(-n4cccn4)cc3)cc(C(=O)N[C@H]3CCOC[C@@H]3O)nc21. The number of amides is 1. The second kappa shape index (κ2) is 8.52. The number of benzene rings is 1. The van der Waals surface area contributed by atoms with Crippen molar-refractivity contribution < 1.29 is 14.6 Å². The Morgan fingerprint density at radius 2 is 2.12 bits per heavy atom. The predicted molar refractivity (Wildman–Crippen MR) is 118 cm³/mol. The highest BCUT2D eigenvalue weighted by Gasteiger charge is 2.26. The third-order valence-electron chi connectivity index (χ3n) is 5.77. The van der Waals surface area contributed by atoms with Crippen molar-refractivity contribution in [3.63, 3.8) is 0 Å². The Balaban J connectivity index is 1.43. The summed E-state index contributed by atoms with van der Waals surface area (Å²) in [6.07, 6.45) is 5.90. The van der Waals surface area contributed by atoms with Crippen LogP contribution in [0.5, 0.6) is 0 Å². The molecule has 9 nitrogen and oxygen atoms in total. The van der Waals surface area contributed by atoms with Crippen LogP contribution in [0, 0.1) is 0 Å². The molecule has 4 aromatic rings. The lowest BCUT2D eigenvalue weighted by Gasteiger charge is -2.28. The highest BCUT2D eigenvalue weighted by Crippen LogP contribution is 2.22. The van der Waals surface area contributed by atoms with Gasteiger partial charge in [0.1, 0.15) is 5.69 Å². The molecule has 1 amide bonds. The number of nitrogens with zero attached hydrogens (tertiary/aromatic N) is 5. The molecule has 164 valence electrons. The van der Waals surface area contributed by atoms with E-state index in [1.165, 1.54) is 0 Å². The Hall–Kier alpha value is -3.56. The fourth-order valence-electron chi connectivity index (χ4n) is 3.98. The highest BCUT2D eigenvalue weighted by molar-refractivity contribution is 5.95. The number of nitrogens with one attached hydrogen (secondary N) is 1. The van der Waals surface area contributed by atoms with Crippen molar-refractivity contribution >= 4 is 16.9 Å². The van der Waals surface area contributed by atoms with Gasteiger partial charge >= 0.3 is 0 Å². The number of fused-ring (bicyclic) bond motifs is 1. The molecule has 1 aliphatic heterocycles. The van der Waals surface area contributed by atoms with E-state index < -0.39 is 6.10 Å². The van der Waals surface area contributed by atoms with E-state index in [0.29, 0.717) is 30.8 Å². The minimum atomic E-state index is -0.721. The van der Waals surface area contributed by atoms with E-state index in [1.807, 2.05) is 42.2 Å². The minimum Gasteiger partial charge on any atom is -0.389 e. The standard InChI is InChI=1S/C23H24N6O3/c1-28-22-18(13-25-28)16(11-15-3-5-17(6-4-15)29-9-2-8-24-29)12-20(26-22)23(31)27-19-7-10-32-14-21(19)30/h2-6,8-9,12-13,19,21,30H,7,10-11,14H2,1H3,(H,27,31)/t19-,21-/m0/s1. The molecule has 0 spiro atoms. The third-order valence-corrected chi connectivity index (χ3v) is 5.77. The largest absolute Gasteiger partial charge is 0.389 e. The number of ether oxygens (including phenoxy) is 1. The van der Waals surface area contributed by atoms with Gasteiger partial charge in [0.25, 0.3) is 5.91 Å². The maximum atomic E-state index is 13.0. The summed E-state index contributed by atoms with van der Waals surface area (Å²) in [4.78, 5) is 17.5. The second-order valence-electron chi connectivity index (χ2n) is 7.98. The number of carbonyl (C=O) groups is 1. The summed E-state index contributed by atoms with van der Waals surface area (Å²) in [6, 6.07) is 11.5. The Kier molecular flexibility index (Phi) is 5.42. The van der Waals surface area contributed by atoms with Crippen molar-refractivity contribution in [1.29, 1.82) is 0 Å². The summed E-state index contributed by atoms with van der Waals surface area (Å²) >= 11 is 0. The zero-order valence-corrected chi connectivity index (χ0v) is 17.7. The zero-order chi connectivity index (χ0) is 22.1. The molecule has 0 radical (unpaired) electrons. The summed E-state index contributed by atoms with van der Waals surface area (Å²) < 4.78 is 8.72. The first-order chi connectivity index (χ1) is 15.6. The molecule has 32 heavy (non-hydrogen) atoms. The maximum absolute atomic E-state index is 13.0. The molecule has 1 saturated heterocycles. The van der Waals surface area contributed by atoms with Gasteiger partial charge in [-0.3, -0.25) is 9.48 Å². The molecule has 0 bridgehead atoms. The molecule has 9 heteroatoms. The molecule has 1 fully saturated rings. The molecular weight excluding hydrogens is 408 g/mol. The van der Waals surface area contributed by atoms with Gasteiger partial charge in [0.05, 0.1) is 30.6 Å². The van der Waals surface area contributed by atoms with Crippen LogP contribution in [0.3, 0.4) is 0 Å². The number of aliphatic hydroxyl groups is 1. The number of aromatic nitrogens is 5. The summed E-state index contributed by atoms with van der Waals surface area (Å²) in [5.41, 5.74) is 4.00. The minimum absolute atomic E-state index is 0.221. The maximum Gasteiger partial charge on any atom is 0.270 e. The Morgan fingerprint density at radius 1 is 1.28 bits per heavy atom. The monoisotopic (exact) mass is 432 g/mol. The van der Waals surface area contributed by atoms with Gasteiger partial charge in [-0.2, -0.15) is 10.2 Å². The molecule has 0 unspecified atom stereocenters. The Morgan fingerprint density at radius 3 is 2.88 bits per heavy atom. The first-order valence-corrected chi connectivity index (χ1v) is 10.6. The van der Waals surface area contributed by atoms with E-state index in [4.69, 9.17) is 4.74 Å². The van der Waals surface area contributed by atoms with E-state index in [9.17, 15) is 9.90 Å². The highest BCUT2D eigenvalue weighted by atomic mass is 16.5. The van der Waals surface area contributed by atoms with Gasteiger partial charge < -0.3 is 15.2 Å². The summed E-state index contributed by atoms with van der Waals surface area (Å²) in [6.45, 7) is 0.731. The van der Waals surface area contributed by atoms with Crippen molar-refractivity contribution in [3.05, 3.63) is 71.8 Å². The van der Waals surface area contributed by atoms with Crippen LogP contribution in [0.1, 0.15) is 28.0 Å². The van der Waals surface area contributed by atoms with Crippen molar-refractivity contribution in [2.24, 2.45) is 7.05 Å². The van der Waals surface area contributed by atoms with Crippen LogP contribution >= 0.6 is 0 Å². The van der Waals surface area contributed by atoms with Crippen LogP contribution in [0.4, 0.5) is 0 Å². The van der Waals surface area contributed by atoms with Gasteiger partial charge in [-0.1, -0.05) is 12.1 Å². The lowest BCUT2D eigenvalue weighted by molar-refractivity contribution is -0.0261. The van der Waals surface area contributed by atoms with Crippen molar-refractivity contribution in [2.45, 2.75) is 25.0 Å². The van der Waals surface area contributed by atoms with Crippen LogP contribution in [0.25, 0.3) is 16.7 Å². The van der Waals surface area contributed by atoms with Gasteiger partial charge in [0, 0.05) is 31.4 Å². The number of carbonyl (C=O) groups excluding carboxylic acids is 1. The lowest BCUT2D eigenvalue weighted by atomic mass is 10.0. The van der Waals surface area contributed by atoms with Crippen molar-refractivity contribution in [2.75, 3.05) is 13.2 Å². The average molecular weight is 432 g/mol. The van der Waals surface area contributed by atoms with Gasteiger partial charge in [-0.15, -0.1) is 0 Å². The van der Waals surface area contributed by atoms with E-state index in [1.54, 1.807) is 17.1 Å². The molecule has 5 rings (SSSR count). The molecule has 1 aromatic carbocycles. The molecule has 2 atom stereocenters. The molecule has 2 N–H and O–H groups in total. The van der Waals surface area contributed by atoms with Crippen LogP contribution < -0.4 is 5.32 Å². The van der Waals surface area contributed by atoms with Crippen LogP contribution in [0.15, 0.2) is 55.0 Å². The number of hydrogen-bond acceptors (Lipinski definition) is 6. The average Bonchev–Trinajstić information content (AvgIpc) is 3.47. The van der Waals surface area contributed by atoms with Gasteiger partial charge in [-0.25, -0.2) is 9.67 Å². The molecule has 4 heterocycles. The molecular formula is C23H24N6O3. The smallest absolute Gasteiger partial charge is 0.270 e. The number of hydrogen-bond donors (Lipinski definition) is 2. The molecule has 1 aliphatic rings. The normalized spacial score (nSPS) is 18.7. The predicted octanol–water partition coefficient (Wildman–Crippen LogP) is 1.62. The van der Waals surface area contributed by atoms with Gasteiger partial charge in [0.2, 0.25) is 0 Å². The molecule has 0 saturated carbocycles. The zero-order valence-electron chi connectivity index (χ0n) is 17.7. The summed E-state index contributed by atoms with van der Waals surface area (Å²) in [7, 11) is 1.81.